The van der Waals surface area contributed by atoms with Crippen molar-refractivity contribution in [2.45, 2.75) is 39.3 Å². The molecular weight excluding hydrogens is 474 g/mol. The van der Waals surface area contributed by atoms with Crippen molar-refractivity contribution < 1.29 is 19.1 Å². The second kappa shape index (κ2) is 13.1. The van der Waals surface area contributed by atoms with Gasteiger partial charge in [0.25, 0.3) is 0 Å². The number of nitrogens with two attached hydrogens (primary N) is 1. The number of aliphatic imine (C=N–C) groups is 1. The van der Waals surface area contributed by atoms with Crippen LogP contribution in [0.2, 0.25) is 0 Å². The number of nitrogens with zero attached hydrogens (tertiary/aromatic N) is 4. The second-order valence-electron chi connectivity index (χ2n) is 8.92. The van der Waals surface area contributed by atoms with E-state index in [0.29, 0.717) is 36.6 Å². The van der Waals surface area contributed by atoms with Crippen molar-refractivity contribution in [3.05, 3.63) is 59.2 Å². The van der Waals surface area contributed by atoms with Crippen molar-refractivity contribution in [3.8, 4) is 11.5 Å². The number of guanidine groups is 1. The lowest BCUT2D eigenvalue weighted by molar-refractivity contribution is -0.123. The van der Waals surface area contributed by atoms with E-state index < -0.39 is 6.04 Å². The zero-order valence-corrected chi connectivity index (χ0v) is 21.5. The van der Waals surface area contributed by atoms with Gasteiger partial charge < -0.3 is 20.5 Å². The molecule has 1 aliphatic heterocycles. The number of hydrogen-bond acceptors (Lipinski definition) is 8. The summed E-state index contributed by atoms with van der Waals surface area (Å²) in [6.07, 6.45) is 0.534. The van der Waals surface area contributed by atoms with Crippen molar-refractivity contribution >= 4 is 23.5 Å². The molecular formula is C26H33N7O4. The average molecular weight is 508 g/mol. The maximum absolute atomic E-state index is 12.9. The van der Waals surface area contributed by atoms with E-state index in [1.807, 2.05) is 38.1 Å². The monoisotopic (exact) mass is 507 g/mol. The van der Waals surface area contributed by atoms with Crippen LogP contribution in [0.15, 0.2) is 62.9 Å². The summed E-state index contributed by atoms with van der Waals surface area (Å²) in [5.74, 6) is 0.552. The number of amides is 2. The van der Waals surface area contributed by atoms with Gasteiger partial charge in [-0.05, 0) is 46.4 Å². The van der Waals surface area contributed by atoms with Crippen LogP contribution >= 0.6 is 0 Å². The van der Waals surface area contributed by atoms with Crippen LogP contribution in [0.5, 0.6) is 11.5 Å². The van der Waals surface area contributed by atoms with Crippen LogP contribution in [0.25, 0.3) is 0 Å². The summed E-state index contributed by atoms with van der Waals surface area (Å²) in [6.45, 7) is 4.78. The fourth-order valence-corrected chi connectivity index (χ4v) is 3.71. The molecule has 2 aromatic rings. The first-order valence-electron chi connectivity index (χ1n) is 11.9. The van der Waals surface area contributed by atoms with Crippen molar-refractivity contribution in [1.82, 2.24) is 10.6 Å². The first kappa shape index (κ1) is 27.3. The second-order valence-corrected chi connectivity index (χ2v) is 8.92. The molecule has 1 atom stereocenters. The van der Waals surface area contributed by atoms with Crippen LogP contribution in [-0.2, 0) is 22.6 Å². The van der Waals surface area contributed by atoms with Crippen LogP contribution in [0.1, 0.15) is 37.0 Å². The van der Waals surface area contributed by atoms with Crippen molar-refractivity contribution in [2.24, 2.45) is 32.1 Å². The first-order valence-corrected chi connectivity index (χ1v) is 11.9. The average Bonchev–Trinajstić information content (AvgIpc) is 3.41. The van der Waals surface area contributed by atoms with Crippen LogP contribution in [0.3, 0.4) is 0 Å². The molecule has 2 amide bonds. The van der Waals surface area contributed by atoms with Gasteiger partial charge in [0.15, 0.2) is 17.5 Å². The molecule has 0 fully saturated rings. The maximum atomic E-state index is 12.9. The standard InChI is InChI=1S/C26H33N7O4/c1-16(2)11-20(25(35)28-14-17-5-8-19(9-6-17)21-15-29-33-32-21)30-26(27)31-24(34)13-18-7-10-22(36-3)23(12-18)37-4/h5-10,12,16,20H,11,13-15H2,1-4H3,(H,28,35)(H3,27,30,31,34)/t20-/m1/s1. The third kappa shape index (κ3) is 8.13. The number of benzene rings is 2. The Morgan fingerprint density at radius 2 is 1.76 bits per heavy atom. The van der Waals surface area contributed by atoms with Gasteiger partial charge in [0.2, 0.25) is 11.8 Å². The SMILES string of the molecule is COc1ccc(CC(=O)NC(N)=N[C@H](CC(C)C)C(=O)NCc2ccc(C3=NN=NC3)cc2)cc1OC. The largest absolute Gasteiger partial charge is 0.493 e. The van der Waals surface area contributed by atoms with Gasteiger partial charge in [-0.1, -0.05) is 44.2 Å². The molecule has 0 saturated carbocycles. The molecule has 3 rings (SSSR count). The van der Waals surface area contributed by atoms with E-state index >= 15 is 0 Å². The summed E-state index contributed by atoms with van der Waals surface area (Å²) in [7, 11) is 3.07. The Morgan fingerprint density at radius 1 is 1.05 bits per heavy atom. The van der Waals surface area contributed by atoms with Crippen LogP contribution in [-0.4, -0.2) is 50.3 Å². The zero-order valence-electron chi connectivity index (χ0n) is 21.5. The van der Waals surface area contributed by atoms with Gasteiger partial charge in [-0.15, -0.1) is 5.10 Å². The molecule has 11 nitrogen and oxygen atoms in total. The van der Waals surface area contributed by atoms with E-state index in [1.165, 1.54) is 7.11 Å². The molecule has 4 N–H and O–H groups in total. The Morgan fingerprint density at radius 3 is 2.38 bits per heavy atom. The Hall–Kier alpha value is -4.28. The Balaban J connectivity index is 1.58. The lowest BCUT2D eigenvalue weighted by Crippen LogP contribution is -2.41. The van der Waals surface area contributed by atoms with Gasteiger partial charge >= 0.3 is 0 Å². The Kier molecular flexibility index (Phi) is 9.70. The van der Waals surface area contributed by atoms with Gasteiger partial charge in [0, 0.05) is 6.54 Å². The predicted octanol–water partition coefficient (Wildman–Crippen LogP) is 2.58. The Labute approximate surface area is 216 Å². The van der Waals surface area contributed by atoms with Gasteiger partial charge in [-0.2, -0.15) is 5.11 Å². The fraction of sp³-hybridized carbons (Fsp3) is 0.385. The molecule has 1 heterocycles. The van der Waals surface area contributed by atoms with E-state index in [-0.39, 0.29) is 30.1 Å². The molecule has 37 heavy (non-hydrogen) atoms. The zero-order chi connectivity index (χ0) is 26.8. The van der Waals surface area contributed by atoms with Crippen molar-refractivity contribution in [3.63, 3.8) is 0 Å². The molecule has 0 radical (unpaired) electrons. The van der Waals surface area contributed by atoms with E-state index in [9.17, 15) is 9.59 Å². The number of carbonyl (C=O) groups excluding carboxylic acids is 2. The van der Waals surface area contributed by atoms with Crippen LogP contribution < -0.4 is 25.8 Å². The normalized spacial score (nSPS) is 13.8. The highest BCUT2D eigenvalue weighted by Gasteiger charge is 2.20. The van der Waals surface area contributed by atoms with E-state index in [1.54, 1.807) is 25.3 Å². The minimum absolute atomic E-state index is 0.0578. The highest BCUT2D eigenvalue weighted by atomic mass is 16.5. The molecule has 0 unspecified atom stereocenters. The molecule has 0 aliphatic carbocycles. The molecule has 2 aromatic carbocycles. The van der Waals surface area contributed by atoms with E-state index in [4.69, 9.17) is 15.2 Å². The van der Waals surface area contributed by atoms with Gasteiger partial charge in [-0.3, -0.25) is 14.9 Å². The quantitative estimate of drug-likeness (QED) is 0.315. The maximum Gasteiger partial charge on any atom is 0.245 e. The summed E-state index contributed by atoms with van der Waals surface area (Å²) in [4.78, 5) is 29.7. The summed E-state index contributed by atoms with van der Waals surface area (Å²) in [5.41, 5.74) is 9.39. The third-order valence-corrected chi connectivity index (χ3v) is 5.58. The predicted molar refractivity (Wildman–Crippen MR) is 141 cm³/mol. The summed E-state index contributed by atoms with van der Waals surface area (Å²) in [6, 6.07) is 12.2. The van der Waals surface area contributed by atoms with Gasteiger partial charge in [-0.25, -0.2) is 4.99 Å². The Bertz CT molecular complexity index is 1190. The van der Waals surface area contributed by atoms with E-state index in [2.05, 4.69) is 31.1 Å². The number of carbonyl (C=O) groups is 2. The summed E-state index contributed by atoms with van der Waals surface area (Å²) in [5, 5.41) is 16.9. The van der Waals surface area contributed by atoms with Crippen molar-refractivity contribution in [1.29, 1.82) is 0 Å². The lowest BCUT2D eigenvalue weighted by Gasteiger charge is -2.16. The molecule has 1 aliphatic rings. The fourth-order valence-electron chi connectivity index (χ4n) is 3.71. The number of methoxy groups -OCH3 is 2. The molecule has 11 heteroatoms. The third-order valence-electron chi connectivity index (χ3n) is 5.58. The van der Waals surface area contributed by atoms with Crippen LogP contribution in [0, 0.1) is 5.92 Å². The van der Waals surface area contributed by atoms with Crippen molar-refractivity contribution in [2.75, 3.05) is 20.8 Å². The van der Waals surface area contributed by atoms with E-state index in [0.717, 1.165) is 16.8 Å². The number of rotatable bonds is 11. The smallest absolute Gasteiger partial charge is 0.245 e. The number of ether oxygens (including phenoxy) is 2. The summed E-state index contributed by atoms with van der Waals surface area (Å²) < 4.78 is 10.5. The van der Waals surface area contributed by atoms with Gasteiger partial charge in [0.05, 0.1) is 26.4 Å². The first-order chi connectivity index (χ1) is 17.8. The number of nitrogens with one attached hydrogen (secondary N) is 2. The number of hydrogen-bond donors (Lipinski definition) is 3. The molecule has 0 spiro atoms. The minimum Gasteiger partial charge on any atom is -0.493 e. The highest BCUT2D eigenvalue weighted by Crippen LogP contribution is 2.27. The van der Waals surface area contributed by atoms with Crippen LogP contribution in [0.4, 0.5) is 0 Å². The highest BCUT2D eigenvalue weighted by molar-refractivity contribution is 6.02. The van der Waals surface area contributed by atoms with Gasteiger partial charge in [0.1, 0.15) is 12.6 Å². The molecule has 0 aromatic heterocycles. The molecule has 0 saturated heterocycles. The lowest BCUT2D eigenvalue weighted by atomic mass is 10.0. The molecule has 196 valence electrons. The topological polar surface area (TPSA) is 152 Å². The molecule has 0 bridgehead atoms. The minimum atomic E-state index is -0.739. The summed E-state index contributed by atoms with van der Waals surface area (Å²) >= 11 is 0.